The summed E-state index contributed by atoms with van der Waals surface area (Å²) < 4.78 is 34.3. The van der Waals surface area contributed by atoms with Crippen LogP contribution in [0, 0.1) is 11.3 Å². The molecule has 144 valence electrons. The lowest BCUT2D eigenvalue weighted by Crippen LogP contribution is -2.31. The average Bonchev–Trinajstić information content (AvgIpc) is 3.29. The fourth-order valence-corrected chi connectivity index (χ4v) is 3.48. The number of hydrogen-bond acceptors (Lipinski definition) is 5. The molecule has 1 amide bonds. The van der Waals surface area contributed by atoms with Gasteiger partial charge in [-0.3, -0.25) is 4.79 Å². The molecule has 2 fully saturated rings. The summed E-state index contributed by atoms with van der Waals surface area (Å²) in [7, 11) is 1.19. The zero-order chi connectivity index (χ0) is 18.0. The molecule has 2 aliphatic rings. The van der Waals surface area contributed by atoms with Crippen LogP contribution in [0.5, 0.6) is 5.75 Å². The number of benzene rings is 1. The highest BCUT2D eigenvalue weighted by atomic mass is 35.5. The van der Waals surface area contributed by atoms with Gasteiger partial charge >= 0.3 is 12.6 Å². The van der Waals surface area contributed by atoms with Crippen LogP contribution in [0.2, 0.25) is 0 Å². The summed E-state index contributed by atoms with van der Waals surface area (Å²) >= 11 is 0. The normalized spacial score (nSPS) is 20.2. The molecule has 0 aromatic heterocycles. The number of hydrogen-bond donors (Lipinski definition) is 2. The lowest BCUT2D eigenvalue weighted by atomic mass is 9.92. The summed E-state index contributed by atoms with van der Waals surface area (Å²) in [5, 5.41) is 5.93. The molecule has 3 rings (SSSR count). The summed E-state index contributed by atoms with van der Waals surface area (Å²) in [5.41, 5.74) is 0.219. The Balaban J connectivity index is 0.00000243. The molecule has 9 heteroatoms. The third kappa shape index (κ3) is 4.24. The van der Waals surface area contributed by atoms with E-state index in [2.05, 4.69) is 20.1 Å². The Hall–Kier alpha value is -1.93. The number of methoxy groups -OCH3 is 1. The molecular formula is C17H21ClF2N2O4. The van der Waals surface area contributed by atoms with Crippen LogP contribution in [0.15, 0.2) is 18.2 Å². The topological polar surface area (TPSA) is 76.7 Å². The molecule has 0 radical (unpaired) electrons. The highest BCUT2D eigenvalue weighted by Gasteiger charge is 2.57. The minimum atomic E-state index is -3.07. The molecule has 6 nitrogen and oxygen atoms in total. The summed E-state index contributed by atoms with van der Waals surface area (Å²) in [5.74, 6) is -1.25. The molecule has 1 saturated heterocycles. The summed E-state index contributed by atoms with van der Waals surface area (Å²) in [6.07, 6.45) is 2.69. The van der Waals surface area contributed by atoms with Crippen molar-refractivity contribution in [3.8, 4) is 5.75 Å². The van der Waals surface area contributed by atoms with Crippen molar-refractivity contribution in [2.45, 2.75) is 25.9 Å². The number of ether oxygens (including phenoxy) is 2. The van der Waals surface area contributed by atoms with E-state index in [4.69, 9.17) is 0 Å². The van der Waals surface area contributed by atoms with Crippen LogP contribution in [-0.2, 0) is 9.53 Å². The van der Waals surface area contributed by atoms with Crippen molar-refractivity contribution in [3.63, 3.8) is 0 Å². The van der Waals surface area contributed by atoms with Crippen LogP contribution in [0.25, 0.3) is 0 Å². The van der Waals surface area contributed by atoms with Gasteiger partial charge in [0.1, 0.15) is 5.75 Å². The number of nitrogens with one attached hydrogen (secondary N) is 2. The molecule has 1 saturated carbocycles. The highest BCUT2D eigenvalue weighted by molar-refractivity contribution is 5.97. The van der Waals surface area contributed by atoms with Gasteiger partial charge in [0.15, 0.2) is 0 Å². The maximum atomic E-state index is 12.7. The lowest BCUT2D eigenvalue weighted by molar-refractivity contribution is -0.118. The van der Waals surface area contributed by atoms with Gasteiger partial charge < -0.3 is 20.1 Å². The number of esters is 1. The number of anilines is 1. The molecule has 1 aliphatic heterocycles. The fraction of sp³-hybridized carbons (Fsp3) is 0.529. The standard InChI is InChI=1S/C17H20F2N2O4.ClH/c1-24-15(23)10-2-3-12(13(8-10)25-16(18)19)21-14(22)11-9-17(11)4-6-20-7-5-17;/h2-3,8,11,16,20H,4-7,9H2,1H3,(H,21,22);1H. The molecule has 1 unspecified atom stereocenters. The Morgan fingerprint density at radius 1 is 1.31 bits per heavy atom. The van der Waals surface area contributed by atoms with Crippen molar-refractivity contribution in [1.29, 1.82) is 0 Å². The molecule has 1 spiro atoms. The molecule has 2 N–H and O–H groups in total. The SMILES string of the molecule is COC(=O)c1ccc(NC(=O)C2CC23CCNCC3)c(OC(F)F)c1.Cl. The number of halogens is 3. The van der Waals surface area contributed by atoms with E-state index in [0.29, 0.717) is 0 Å². The summed E-state index contributed by atoms with van der Waals surface area (Å²) in [4.78, 5) is 24.0. The van der Waals surface area contributed by atoms with Gasteiger partial charge in [-0.25, -0.2) is 4.79 Å². The van der Waals surface area contributed by atoms with Crippen molar-refractivity contribution < 1.29 is 27.8 Å². The van der Waals surface area contributed by atoms with E-state index in [0.717, 1.165) is 38.4 Å². The lowest BCUT2D eigenvalue weighted by Gasteiger charge is -2.23. The Labute approximate surface area is 156 Å². The molecule has 1 aromatic rings. The van der Waals surface area contributed by atoms with Crippen LogP contribution < -0.4 is 15.4 Å². The minimum absolute atomic E-state index is 0. The Bertz CT molecular complexity index is 681. The first-order valence-corrected chi connectivity index (χ1v) is 8.14. The predicted octanol–water partition coefficient (Wildman–Crippen LogP) is 2.82. The van der Waals surface area contributed by atoms with Crippen molar-refractivity contribution in [2.75, 3.05) is 25.5 Å². The number of alkyl halides is 2. The summed E-state index contributed by atoms with van der Waals surface area (Å²) in [6, 6.07) is 3.91. The second-order valence-electron chi connectivity index (χ2n) is 6.44. The number of amides is 1. The maximum Gasteiger partial charge on any atom is 0.387 e. The van der Waals surface area contributed by atoms with Gasteiger partial charge in [-0.1, -0.05) is 0 Å². The van der Waals surface area contributed by atoms with Gasteiger partial charge in [-0.2, -0.15) is 8.78 Å². The van der Waals surface area contributed by atoms with Crippen LogP contribution in [-0.4, -0.2) is 38.7 Å². The van der Waals surface area contributed by atoms with Crippen LogP contribution in [0.1, 0.15) is 29.6 Å². The molecule has 0 bridgehead atoms. The van der Waals surface area contributed by atoms with E-state index in [1.807, 2.05) is 0 Å². The van der Waals surface area contributed by atoms with E-state index < -0.39 is 12.6 Å². The molecule has 26 heavy (non-hydrogen) atoms. The van der Waals surface area contributed by atoms with Crippen molar-refractivity contribution in [1.82, 2.24) is 5.32 Å². The third-order valence-corrected chi connectivity index (χ3v) is 4.98. The van der Waals surface area contributed by atoms with E-state index in [1.165, 1.54) is 19.2 Å². The number of piperidine rings is 1. The highest BCUT2D eigenvalue weighted by Crippen LogP contribution is 2.58. The fourth-order valence-electron chi connectivity index (χ4n) is 3.48. The van der Waals surface area contributed by atoms with Gasteiger partial charge in [-0.05, 0) is 56.0 Å². The minimum Gasteiger partial charge on any atom is -0.465 e. The first kappa shape index (κ1) is 20.4. The predicted molar refractivity (Wildman–Crippen MR) is 92.9 cm³/mol. The zero-order valence-corrected chi connectivity index (χ0v) is 15.0. The largest absolute Gasteiger partial charge is 0.465 e. The first-order chi connectivity index (χ1) is 11.9. The molecular weight excluding hydrogens is 370 g/mol. The van der Waals surface area contributed by atoms with Gasteiger partial charge in [0.25, 0.3) is 0 Å². The number of carbonyl (C=O) groups is 2. The molecule has 1 atom stereocenters. The number of rotatable bonds is 5. The van der Waals surface area contributed by atoms with Gasteiger partial charge in [0, 0.05) is 5.92 Å². The molecule has 1 aliphatic carbocycles. The van der Waals surface area contributed by atoms with Crippen molar-refractivity contribution >= 4 is 30.0 Å². The number of carbonyl (C=O) groups excluding carboxylic acids is 2. The third-order valence-electron chi connectivity index (χ3n) is 4.98. The zero-order valence-electron chi connectivity index (χ0n) is 14.2. The van der Waals surface area contributed by atoms with E-state index >= 15 is 0 Å². The second kappa shape index (κ2) is 8.18. The van der Waals surface area contributed by atoms with Crippen molar-refractivity contribution in [3.05, 3.63) is 23.8 Å². The maximum absolute atomic E-state index is 12.7. The van der Waals surface area contributed by atoms with Crippen LogP contribution in [0.3, 0.4) is 0 Å². The second-order valence-corrected chi connectivity index (χ2v) is 6.44. The molecule has 1 aromatic carbocycles. The van der Waals surface area contributed by atoms with Crippen LogP contribution >= 0.6 is 12.4 Å². The van der Waals surface area contributed by atoms with Gasteiger partial charge in [0.2, 0.25) is 5.91 Å². The van der Waals surface area contributed by atoms with Crippen LogP contribution in [0.4, 0.5) is 14.5 Å². The van der Waals surface area contributed by atoms with E-state index in [9.17, 15) is 18.4 Å². The Morgan fingerprint density at radius 2 is 2.00 bits per heavy atom. The smallest absolute Gasteiger partial charge is 0.387 e. The van der Waals surface area contributed by atoms with Gasteiger partial charge in [0.05, 0.1) is 18.4 Å². The quantitative estimate of drug-likeness (QED) is 0.756. The average molecular weight is 391 g/mol. The van der Waals surface area contributed by atoms with E-state index in [1.54, 1.807) is 0 Å². The Morgan fingerprint density at radius 3 is 2.62 bits per heavy atom. The summed E-state index contributed by atoms with van der Waals surface area (Å²) in [6.45, 7) is -1.30. The Kier molecular flexibility index (Phi) is 6.41. The van der Waals surface area contributed by atoms with E-state index in [-0.39, 0.29) is 46.6 Å². The monoisotopic (exact) mass is 390 g/mol. The first-order valence-electron chi connectivity index (χ1n) is 8.14. The van der Waals surface area contributed by atoms with Gasteiger partial charge in [-0.15, -0.1) is 12.4 Å². The molecule has 1 heterocycles. The van der Waals surface area contributed by atoms with Crippen molar-refractivity contribution in [2.24, 2.45) is 11.3 Å².